The Morgan fingerprint density at radius 2 is 1.83 bits per heavy atom. The smallest absolute Gasteiger partial charge is 0.338 e. The average Bonchev–Trinajstić information content (AvgIpc) is 2.88. The number of hydrogen-bond donors (Lipinski definition) is 1. The van der Waals surface area contributed by atoms with Gasteiger partial charge in [-0.3, -0.25) is 4.79 Å². The molecule has 176 valence electrons. The number of amides is 1. The molecule has 3 aromatic rings. The number of carbonyl (C=O) groups excluding carboxylic acids is 3. The molecule has 0 atom stereocenters. The van der Waals surface area contributed by atoms with E-state index in [1.807, 2.05) is 42.3 Å². The molecule has 0 aliphatic carbocycles. The van der Waals surface area contributed by atoms with E-state index >= 15 is 0 Å². The predicted octanol–water partition coefficient (Wildman–Crippen LogP) is 4.73. The molecule has 3 aromatic carbocycles. The molecule has 0 unspecified atom stereocenters. The van der Waals surface area contributed by atoms with E-state index in [4.69, 9.17) is 14.2 Å². The van der Waals surface area contributed by atoms with Crippen LogP contribution in [0.15, 0.2) is 78.6 Å². The molecular formula is C28H23NO6. The van der Waals surface area contributed by atoms with Crippen LogP contribution in [0.25, 0.3) is 5.57 Å². The first-order valence-corrected chi connectivity index (χ1v) is 11.0. The van der Waals surface area contributed by atoms with Gasteiger partial charge in [-0.25, -0.2) is 9.59 Å². The van der Waals surface area contributed by atoms with Crippen LogP contribution in [0.5, 0.6) is 11.5 Å². The van der Waals surface area contributed by atoms with Gasteiger partial charge in [0.2, 0.25) is 5.76 Å². The quantitative estimate of drug-likeness (QED) is 0.397. The molecule has 1 aliphatic heterocycles. The maximum atomic E-state index is 12.5. The Hall–Kier alpha value is -4.61. The highest BCUT2D eigenvalue weighted by atomic mass is 16.5. The van der Waals surface area contributed by atoms with Gasteiger partial charge in [0.15, 0.2) is 12.5 Å². The van der Waals surface area contributed by atoms with Crippen LogP contribution in [0.1, 0.15) is 34.0 Å². The van der Waals surface area contributed by atoms with Gasteiger partial charge in [0, 0.05) is 22.9 Å². The highest BCUT2D eigenvalue weighted by Gasteiger charge is 2.23. The van der Waals surface area contributed by atoms with Crippen molar-refractivity contribution < 1.29 is 28.6 Å². The van der Waals surface area contributed by atoms with Crippen molar-refractivity contribution in [2.45, 2.75) is 13.8 Å². The van der Waals surface area contributed by atoms with E-state index in [0.717, 1.165) is 16.7 Å². The summed E-state index contributed by atoms with van der Waals surface area (Å²) in [6, 6.07) is 19.7. The lowest BCUT2D eigenvalue weighted by Crippen LogP contribution is -2.21. The minimum atomic E-state index is -0.461. The van der Waals surface area contributed by atoms with E-state index in [0.29, 0.717) is 28.3 Å². The molecule has 0 radical (unpaired) electrons. The van der Waals surface area contributed by atoms with Gasteiger partial charge in [0.1, 0.15) is 11.5 Å². The van der Waals surface area contributed by atoms with E-state index in [1.54, 1.807) is 50.3 Å². The third-order valence-corrected chi connectivity index (χ3v) is 5.34. The lowest BCUT2D eigenvalue weighted by molar-refractivity contribution is -0.118. The lowest BCUT2D eigenvalue weighted by atomic mass is 9.93. The van der Waals surface area contributed by atoms with Crippen molar-refractivity contribution in [1.82, 2.24) is 0 Å². The Balaban J connectivity index is 1.50. The van der Waals surface area contributed by atoms with Gasteiger partial charge in [-0.05, 0) is 55.3 Å². The summed E-state index contributed by atoms with van der Waals surface area (Å²) in [4.78, 5) is 35.8. The SMILES string of the molecule is CCOC(=O)c1cccc(NC(=O)COc2ccc3c(c2C)OC(=C=O)C=C3c2ccccc2)c1. The number of ether oxygens (including phenoxy) is 3. The van der Waals surface area contributed by atoms with Crippen LogP contribution in [0.3, 0.4) is 0 Å². The number of rotatable bonds is 7. The van der Waals surface area contributed by atoms with Gasteiger partial charge < -0.3 is 19.5 Å². The molecule has 1 N–H and O–H groups in total. The average molecular weight is 469 g/mol. The van der Waals surface area contributed by atoms with Crippen LogP contribution >= 0.6 is 0 Å². The summed E-state index contributed by atoms with van der Waals surface area (Å²) in [6.45, 7) is 3.52. The number of hydrogen-bond acceptors (Lipinski definition) is 6. The Bertz CT molecular complexity index is 1350. The number of anilines is 1. The molecule has 35 heavy (non-hydrogen) atoms. The molecule has 1 heterocycles. The summed E-state index contributed by atoms with van der Waals surface area (Å²) in [7, 11) is 0. The number of nitrogens with one attached hydrogen (secondary N) is 1. The zero-order chi connectivity index (χ0) is 24.8. The topological polar surface area (TPSA) is 90.9 Å². The summed E-state index contributed by atoms with van der Waals surface area (Å²) in [5.74, 6) is 1.94. The molecule has 0 fully saturated rings. The van der Waals surface area contributed by atoms with Crippen LogP contribution < -0.4 is 14.8 Å². The van der Waals surface area contributed by atoms with Crippen molar-refractivity contribution in [3.05, 3.63) is 101 Å². The Morgan fingerprint density at radius 1 is 1.03 bits per heavy atom. The minimum absolute atomic E-state index is 0.0656. The first kappa shape index (κ1) is 23.5. The predicted molar refractivity (Wildman–Crippen MR) is 131 cm³/mol. The number of benzene rings is 3. The fourth-order valence-electron chi connectivity index (χ4n) is 3.71. The first-order chi connectivity index (χ1) is 17.0. The van der Waals surface area contributed by atoms with E-state index in [-0.39, 0.29) is 19.0 Å². The summed E-state index contributed by atoms with van der Waals surface area (Å²) in [5, 5.41) is 2.71. The Labute approximate surface area is 202 Å². The number of fused-ring (bicyclic) bond motifs is 1. The molecule has 0 bridgehead atoms. The lowest BCUT2D eigenvalue weighted by Gasteiger charge is -2.22. The van der Waals surface area contributed by atoms with Crippen molar-refractivity contribution in [1.29, 1.82) is 0 Å². The van der Waals surface area contributed by atoms with Crippen molar-refractivity contribution >= 4 is 29.1 Å². The van der Waals surface area contributed by atoms with E-state index in [2.05, 4.69) is 5.32 Å². The van der Waals surface area contributed by atoms with Gasteiger partial charge in [-0.15, -0.1) is 0 Å². The summed E-state index contributed by atoms with van der Waals surface area (Å²) < 4.78 is 16.5. The second kappa shape index (κ2) is 10.5. The van der Waals surface area contributed by atoms with Crippen LogP contribution in [0.4, 0.5) is 5.69 Å². The second-order valence-electron chi connectivity index (χ2n) is 7.70. The molecule has 4 rings (SSSR count). The van der Waals surface area contributed by atoms with E-state index < -0.39 is 11.9 Å². The molecular weight excluding hydrogens is 446 g/mol. The maximum Gasteiger partial charge on any atom is 0.338 e. The fourth-order valence-corrected chi connectivity index (χ4v) is 3.71. The van der Waals surface area contributed by atoms with Crippen molar-refractivity contribution in [2.24, 2.45) is 0 Å². The van der Waals surface area contributed by atoms with Crippen LogP contribution in [-0.4, -0.2) is 31.0 Å². The van der Waals surface area contributed by atoms with E-state index in [1.165, 1.54) is 0 Å². The molecule has 0 spiro atoms. The number of carbonyl (C=O) groups is 2. The third kappa shape index (κ3) is 5.32. The Kier molecular flexibility index (Phi) is 7.10. The largest absolute Gasteiger partial charge is 0.483 e. The highest BCUT2D eigenvalue weighted by molar-refractivity contribution is 5.95. The van der Waals surface area contributed by atoms with Crippen LogP contribution in [0.2, 0.25) is 0 Å². The molecule has 1 amide bonds. The first-order valence-electron chi connectivity index (χ1n) is 11.0. The molecule has 7 heteroatoms. The van der Waals surface area contributed by atoms with Crippen molar-refractivity contribution in [3.8, 4) is 11.5 Å². The summed E-state index contributed by atoms with van der Waals surface area (Å²) in [5.41, 5.74) is 4.01. The third-order valence-electron chi connectivity index (χ3n) is 5.34. The zero-order valence-corrected chi connectivity index (χ0v) is 19.3. The maximum absolute atomic E-state index is 12.5. The molecule has 0 aromatic heterocycles. The van der Waals surface area contributed by atoms with Gasteiger partial charge in [-0.1, -0.05) is 36.4 Å². The highest BCUT2D eigenvalue weighted by Crippen LogP contribution is 2.42. The second-order valence-corrected chi connectivity index (χ2v) is 7.70. The van der Waals surface area contributed by atoms with Crippen molar-refractivity contribution in [2.75, 3.05) is 18.5 Å². The number of esters is 1. The monoisotopic (exact) mass is 469 g/mol. The van der Waals surface area contributed by atoms with Gasteiger partial charge >= 0.3 is 5.97 Å². The normalized spacial score (nSPS) is 11.9. The van der Waals surface area contributed by atoms with Crippen molar-refractivity contribution in [3.63, 3.8) is 0 Å². The molecule has 1 aliphatic rings. The van der Waals surface area contributed by atoms with E-state index in [9.17, 15) is 14.4 Å². The molecule has 0 saturated heterocycles. The van der Waals surface area contributed by atoms with Gasteiger partial charge in [0.25, 0.3) is 5.91 Å². The standard InChI is InChI=1S/C28H23NO6/c1-3-33-28(32)20-10-7-11-21(14-20)29-26(31)17-34-25-13-12-23-24(19-8-5-4-6-9-19)15-22(16-30)35-27(23)18(25)2/h4-15H,3,17H2,1-2H3,(H,29,31). The summed E-state index contributed by atoms with van der Waals surface area (Å²) in [6.07, 6.45) is 1.66. The molecule has 0 saturated carbocycles. The minimum Gasteiger partial charge on any atom is -0.483 e. The molecule has 7 nitrogen and oxygen atoms in total. The van der Waals surface area contributed by atoms with Gasteiger partial charge in [0.05, 0.1) is 12.2 Å². The number of allylic oxidation sites excluding steroid dienone is 1. The Morgan fingerprint density at radius 3 is 2.57 bits per heavy atom. The van der Waals surface area contributed by atoms with Crippen LogP contribution in [-0.2, 0) is 14.3 Å². The fraction of sp³-hybridized carbons (Fsp3) is 0.143. The zero-order valence-electron chi connectivity index (χ0n) is 19.3. The van der Waals surface area contributed by atoms with Gasteiger partial charge in [-0.2, -0.15) is 0 Å². The summed E-state index contributed by atoms with van der Waals surface area (Å²) >= 11 is 0. The van der Waals surface area contributed by atoms with Crippen LogP contribution in [0, 0.1) is 6.92 Å².